The second kappa shape index (κ2) is 11.7. The van der Waals surface area contributed by atoms with E-state index in [4.69, 9.17) is 9.84 Å². The summed E-state index contributed by atoms with van der Waals surface area (Å²) in [6.45, 7) is 12.1. The van der Waals surface area contributed by atoms with Crippen molar-refractivity contribution in [2.24, 2.45) is 0 Å². The fourth-order valence-corrected chi connectivity index (χ4v) is 1.78. The lowest BCUT2D eigenvalue weighted by atomic mass is 10.1. The minimum absolute atomic E-state index is 0.0770. The van der Waals surface area contributed by atoms with E-state index in [1.165, 1.54) is 0 Å². The summed E-state index contributed by atoms with van der Waals surface area (Å²) in [4.78, 5) is 10.3. The van der Waals surface area contributed by atoms with Gasteiger partial charge in [-0.3, -0.25) is 4.79 Å². The van der Waals surface area contributed by atoms with Crippen LogP contribution in [0.1, 0.15) is 40.5 Å². The van der Waals surface area contributed by atoms with Crippen molar-refractivity contribution in [2.75, 3.05) is 25.4 Å². The number of carbonyl (C=O) groups is 1. The summed E-state index contributed by atoms with van der Waals surface area (Å²) in [5, 5.41) is 12.4. The average Bonchev–Trinajstić information content (AvgIpc) is 2.39. The zero-order chi connectivity index (χ0) is 16.9. The molecule has 0 rings (SSSR count). The van der Waals surface area contributed by atoms with Crippen LogP contribution in [0.4, 0.5) is 0 Å². The number of carboxylic acids is 1. The molecule has 0 aromatic rings. The molecule has 21 heavy (non-hydrogen) atoms. The van der Waals surface area contributed by atoms with E-state index in [2.05, 4.69) is 11.9 Å². The van der Waals surface area contributed by atoms with E-state index in [0.717, 1.165) is 5.41 Å². The number of carboxylic acid groups (broad SMARTS) is 1. The zero-order valence-corrected chi connectivity index (χ0v) is 14.3. The van der Waals surface area contributed by atoms with E-state index < -0.39 is 21.4 Å². The average molecular weight is 323 g/mol. The molecule has 0 saturated carbocycles. The Morgan fingerprint density at radius 1 is 1.33 bits per heavy atom. The fraction of sp³-hybridized carbons (Fsp3) is 0.786. The summed E-state index contributed by atoms with van der Waals surface area (Å²) in [6, 6.07) is 0. The van der Waals surface area contributed by atoms with Gasteiger partial charge in [0.2, 0.25) is 0 Å². The number of hydrogen-bond acceptors (Lipinski definition) is 5. The normalized spacial score (nSPS) is 11.4. The maximum atomic E-state index is 11.2. The molecule has 0 aliphatic carbocycles. The van der Waals surface area contributed by atoms with Gasteiger partial charge in [-0.2, -0.15) is 0 Å². The van der Waals surface area contributed by atoms with Gasteiger partial charge in [0.1, 0.15) is 0 Å². The largest absolute Gasteiger partial charge is 0.481 e. The Labute approximate surface area is 128 Å². The maximum absolute atomic E-state index is 11.2. The van der Waals surface area contributed by atoms with E-state index >= 15 is 0 Å². The summed E-state index contributed by atoms with van der Waals surface area (Å²) < 4.78 is 27.9. The Balaban J connectivity index is 0. The van der Waals surface area contributed by atoms with Crippen LogP contribution < -0.4 is 5.32 Å². The minimum atomic E-state index is -3.22. The molecule has 0 aromatic carbocycles. The summed E-state index contributed by atoms with van der Waals surface area (Å²) in [6.07, 6.45) is 0.750. The molecule has 126 valence electrons. The second-order valence-corrected chi connectivity index (χ2v) is 6.85. The van der Waals surface area contributed by atoms with Crippen molar-refractivity contribution in [3.8, 4) is 0 Å². The van der Waals surface area contributed by atoms with Gasteiger partial charge in [0.15, 0.2) is 9.84 Å². The second-order valence-electron chi connectivity index (χ2n) is 4.79. The first kappa shape index (κ1) is 22.4. The fourth-order valence-electron chi connectivity index (χ4n) is 1.30. The van der Waals surface area contributed by atoms with Gasteiger partial charge in [-0.1, -0.05) is 20.4 Å². The Morgan fingerprint density at radius 2 is 1.90 bits per heavy atom. The molecule has 0 saturated heterocycles. The molecule has 0 amide bonds. The molecular formula is C14H29NO5S. The first-order chi connectivity index (χ1) is 9.68. The molecule has 0 heterocycles. The molecule has 6 nitrogen and oxygen atoms in total. The minimum Gasteiger partial charge on any atom is -0.481 e. The molecule has 2 N–H and O–H groups in total. The van der Waals surface area contributed by atoms with Crippen molar-refractivity contribution < 1.29 is 23.1 Å². The highest BCUT2D eigenvalue weighted by Crippen LogP contribution is 2.13. The van der Waals surface area contributed by atoms with Crippen LogP contribution in [0, 0.1) is 0 Å². The highest BCUT2D eigenvalue weighted by atomic mass is 32.2. The lowest BCUT2D eigenvalue weighted by molar-refractivity contribution is -0.136. The van der Waals surface area contributed by atoms with Crippen LogP contribution in [-0.2, 0) is 19.4 Å². The number of nitrogens with one attached hydrogen (secondary N) is 1. The molecule has 0 spiro atoms. The van der Waals surface area contributed by atoms with Crippen LogP contribution in [0.5, 0.6) is 0 Å². The van der Waals surface area contributed by atoms with Crippen LogP contribution in [0.3, 0.4) is 0 Å². The van der Waals surface area contributed by atoms with Crippen molar-refractivity contribution in [1.82, 2.24) is 5.32 Å². The summed E-state index contributed by atoms with van der Waals surface area (Å²) in [5.41, 5.74) is -0.451. The topological polar surface area (TPSA) is 92.7 Å². The van der Waals surface area contributed by atoms with E-state index in [1.807, 2.05) is 27.7 Å². The number of aliphatic carboxylic acids is 1. The van der Waals surface area contributed by atoms with E-state index in [9.17, 15) is 13.2 Å². The number of hydrogen-bond donors (Lipinski definition) is 2. The van der Waals surface area contributed by atoms with E-state index in [0.29, 0.717) is 19.5 Å². The third kappa shape index (κ3) is 15.3. The van der Waals surface area contributed by atoms with Gasteiger partial charge >= 0.3 is 5.97 Å². The molecule has 0 bridgehead atoms. The van der Waals surface area contributed by atoms with Crippen LogP contribution in [0.25, 0.3) is 0 Å². The predicted molar refractivity (Wildman–Crippen MR) is 85.1 cm³/mol. The molecular weight excluding hydrogens is 294 g/mol. The van der Waals surface area contributed by atoms with Crippen molar-refractivity contribution in [2.45, 2.75) is 46.1 Å². The summed E-state index contributed by atoms with van der Waals surface area (Å²) >= 11 is 0. The van der Waals surface area contributed by atoms with Crippen molar-refractivity contribution in [3.05, 3.63) is 12.0 Å². The van der Waals surface area contributed by atoms with Crippen LogP contribution in [0.15, 0.2) is 12.0 Å². The quantitative estimate of drug-likeness (QED) is 0.563. The van der Waals surface area contributed by atoms with Crippen LogP contribution in [0.2, 0.25) is 0 Å². The Hall–Kier alpha value is -0.920. The smallest absolute Gasteiger partial charge is 0.304 e. The molecule has 0 fully saturated rings. The first-order valence-electron chi connectivity index (χ1n) is 7.10. The Kier molecular flexibility index (Phi) is 12.5. The third-order valence-corrected chi connectivity index (χ3v) is 3.78. The number of rotatable bonds is 11. The van der Waals surface area contributed by atoms with Crippen LogP contribution in [-0.4, -0.2) is 50.5 Å². The highest BCUT2D eigenvalue weighted by Gasteiger charge is 2.18. The van der Waals surface area contributed by atoms with Gasteiger partial charge in [-0.15, -0.1) is 0 Å². The number of sulfone groups is 1. The van der Waals surface area contributed by atoms with Gasteiger partial charge in [0.25, 0.3) is 0 Å². The molecule has 0 aliphatic rings. The predicted octanol–water partition coefficient (Wildman–Crippen LogP) is 1.82. The van der Waals surface area contributed by atoms with Crippen LogP contribution >= 0.6 is 0 Å². The molecule has 0 aromatic heterocycles. The lowest BCUT2D eigenvalue weighted by Crippen LogP contribution is -2.32. The molecule has 0 aliphatic heterocycles. The lowest BCUT2D eigenvalue weighted by Gasteiger charge is -2.25. The molecule has 0 radical (unpaired) electrons. The zero-order valence-electron chi connectivity index (χ0n) is 13.5. The highest BCUT2D eigenvalue weighted by molar-refractivity contribution is 7.94. The monoisotopic (exact) mass is 323 g/mol. The van der Waals surface area contributed by atoms with Gasteiger partial charge in [0, 0.05) is 12.0 Å². The van der Waals surface area contributed by atoms with Gasteiger partial charge < -0.3 is 15.2 Å². The third-order valence-electron chi connectivity index (χ3n) is 2.53. The summed E-state index contributed by atoms with van der Waals surface area (Å²) in [5.74, 6) is -0.913. The molecule has 0 unspecified atom stereocenters. The maximum Gasteiger partial charge on any atom is 0.304 e. The standard InChI is InChI=1S/C12H23NO5S.C2H6/c1-4-19(16,17)10-9-18-12(2,3)6-8-13-7-5-11(14)15;1-2/h4,13H,1,5-10H2,2-3H3,(H,14,15);1-2H3. The van der Waals surface area contributed by atoms with Gasteiger partial charge in [-0.25, -0.2) is 8.42 Å². The summed E-state index contributed by atoms with van der Waals surface area (Å²) in [7, 11) is -3.22. The van der Waals surface area contributed by atoms with E-state index in [-0.39, 0.29) is 18.8 Å². The number of ether oxygens (including phenoxy) is 1. The first-order valence-corrected chi connectivity index (χ1v) is 8.82. The van der Waals surface area contributed by atoms with E-state index in [1.54, 1.807) is 0 Å². The van der Waals surface area contributed by atoms with Crippen molar-refractivity contribution >= 4 is 15.8 Å². The van der Waals surface area contributed by atoms with Gasteiger partial charge in [-0.05, 0) is 26.8 Å². The van der Waals surface area contributed by atoms with Crippen molar-refractivity contribution in [3.63, 3.8) is 0 Å². The molecule has 0 atom stereocenters. The van der Waals surface area contributed by atoms with Crippen molar-refractivity contribution in [1.29, 1.82) is 0 Å². The SMILES string of the molecule is C=CS(=O)(=O)CCOC(C)(C)CCNCCC(=O)O.CC. The Morgan fingerprint density at radius 3 is 2.38 bits per heavy atom. The molecule has 7 heteroatoms. The Bertz CT molecular complexity index is 390. The van der Waals surface area contributed by atoms with Gasteiger partial charge in [0.05, 0.1) is 24.4 Å².